The van der Waals surface area contributed by atoms with Gasteiger partial charge in [0.2, 0.25) is 5.91 Å². The van der Waals surface area contributed by atoms with Crippen LogP contribution in [-0.2, 0) is 9.59 Å². The zero-order chi connectivity index (χ0) is 11.0. The van der Waals surface area contributed by atoms with Crippen LogP contribution in [0.1, 0.15) is 13.3 Å². The minimum Gasteiger partial charge on any atom is -0.480 e. The van der Waals surface area contributed by atoms with E-state index in [4.69, 9.17) is 10.4 Å². The van der Waals surface area contributed by atoms with Gasteiger partial charge in [0.05, 0.1) is 11.8 Å². The van der Waals surface area contributed by atoms with Crippen LogP contribution in [0, 0.1) is 11.3 Å². The zero-order valence-electron chi connectivity index (χ0n) is 7.82. The molecule has 0 aromatic heterocycles. The van der Waals surface area contributed by atoms with E-state index in [9.17, 15) is 9.59 Å². The molecule has 0 saturated heterocycles. The molecule has 0 aliphatic carbocycles. The number of carbonyl (C=O) groups excluding carboxylic acids is 1. The Bertz CT molecular complexity index is 249. The van der Waals surface area contributed by atoms with Crippen LogP contribution in [-0.4, -0.2) is 34.5 Å². The predicted molar refractivity (Wildman–Crippen MR) is 52.8 cm³/mol. The molecule has 1 atom stereocenters. The molecule has 5 nitrogen and oxygen atoms in total. The summed E-state index contributed by atoms with van der Waals surface area (Å²) in [5.41, 5.74) is 0. The van der Waals surface area contributed by atoms with Gasteiger partial charge in [-0.25, -0.2) is 4.79 Å². The monoisotopic (exact) mass is 216 g/mol. The highest BCUT2D eigenvalue weighted by molar-refractivity contribution is 7.99. The number of carboxylic acid groups (broad SMARTS) is 1. The molecule has 0 aromatic rings. The number of hydrogen-bond donors (Lipinski definition) is 2. The van der Waals surface area contributed by atoms with Crippen LogP contribution < -0.4 is 5.32 Å². The number of amides is 1. The van der Waals surface area contributed by atoms with E-state index in [2.05, 4.69) is 5.32 Å². The summed E-state index contributed by atoms with van der Waals surface area (Å²) in [7, 11) is 0. The summed E-state index contributed by atoms with van der Waals surface area (Å²) >= 11 is 1.35. The van der Waals surface area contributed by atoms with Crippen molar-refractivity contribution in [1.82, 2.24) is 5.32 Å². The summed E-state index contributed by atoms with van der Waals surface area (Å²) in [5.74, 6) is -0.516. The summed E-state index contributed by atoms with van der Waals surface area (Å²) in [6.45, 7) is 1.28. The predicted octanol–water partition coefficient (Wildman–Crippen LogP) is 0.223. The maximum atomic E-state index is 10.6. The van der Waals surface area contributed by atoms with E-state index in [1.54, 1.807) is 0 Å². The van der Waals surface area contributed by atoms with Gasteiger partial charge in [-0.1, -0.05) is 0 Å². The van der Waals surface area contributed by atoms with Crippen LogP contribution in [0.2, 0.25) is 0 Å². The molecular weight excluding hydrogens is 204 g/mol. The summed E-state index contributed by atoms with van der Waals surface area (Å²) in [6.07, 6.45) is 0.335. The number of carbonyl (C=O) groups is 2. The summed E-state index contributed by atoms with van der Waals surface area (Å²) in [6, 6.07) is 1.09. The fourth-order valence-electron chi connectivity index (χ4n) is 0.822. The number of nitriles is 1. The van der Waals surface area contributed by atoms with E-state index in [1.807, 2.05) is 6.07 Å². The van der Waals surface area contributed by atoms with Crippen LogP contribution in [0.15, 0.2) is 0 Å². The molecule has 78 valence electrons. The molecule has 2 N–H and O–H groups in total. The minimum atomic E-state index is -1.04. The Morgan fingerprint density at radius 1 is 1.64 bits per heavy atom. The molecule has 0 aliphatic heterocycles. The standard InChI is InChI=1S/C8H12N2O3S/c1-6(11)10-7(8(12)13)2-4-14-5-3-9/h7H,2,4-5H2,1H3,(H,10,11)(H,12,13). The van der Waals surface area contributed by atoms with Crippen molar-refractivity contribution in [2.45, 2.75) is 19.4 Å². The highest BCUT2D eigenvalue weighted by Gasteiger charge is 2.17. The highest BCUT2D eigenvalue weighted by Crippen LogP contribution is 2.04. The van der Waals surface area contributed by atoms with E-state index in [1.165, 1.54) is 18.7 Å². The van der Waals surface area contributed by atoms with E-state index < -0.39 is 12.0 Å². The van der Waals surface area contributed by atoms with Crippen molar-refractivity contribution in [2.24, 2.45) is 0 Å². The first-order valence-electron chi connectivity index (χ1n) is 4.02. The number of aliphatic carboxylic acids is 1. The molecule has 0 spiro atoms. The average molecular weight is 216 g/mol. The maximum absolute atomic E-state index is 10.6. The molecule has 0 aliphatic rings. The molecule has 0 bridgehead atoms. The van der Waals surface area contributed by atoms with Gasteiger partial charge in [0.15, 0.2) is 0 Å². The molecule has 1 amide bonds. The van der Waals surface area contributed by atoms with Crippen molar-refractivity contribution in [2.75, 3.05) is 11.5 Å². The fourth-order valence-corrected chi connectivity index (χ4v) is 1.46. The molecule has 1 unspecified atom stereocenters. The Labute approximate surface area is 86.5 Å². The van der Waals surface area contributed by atoms with Gasteiger partial charge >= 0.3 is 5.97 Å². The van der Waals surface area contributed by atoms with Crippen molar-refractivity contribution < 1.29 is 14.7 Å². The number of hydrogen-bond acceptors (Lipinski definition) is 4. The minimum absolute atomic E-state index is 0.335. The van der Waals surface area contributed by atoms with Crippen LogP contribution in [0.25, 0.3) is 0 Å². The van der Waals surface area contributed by atoms with Crippen molar-refractivity contribution in [3.05, 3.63) is 0 Å². The third kappa shape index (κ3) is 6.31. The molecular formula is C8H12N2O3S. The molecule has 6 heteroatoms. The van der Waals surface area contributed by atoms with E-state index >= 15 is 0 Å². The second-order valence-electron chi connectivity index (χ2n) is 2.59. The third-order valence-corrected chi connectivity index (χ3v) is 2.25. The lowest BCUT2D eigenvalue weighted by Gasteiger charge is -2.11. The maximum Gasteiger partial charge on any atom is 0.326 e. The second-order valence-corrected chi connectivity index (χ2v) is 3.70. The van der Waals surface area contributed by atoms with Gasteiger partial charge in [-0.05, 0) is 12.2 Å². The lowest BCUT2D eigenvalue weighted by atomic mass is 10.2. The Balaban J connectivity index is 3.81. The molecule has 0 fully saturated rings. The Morgan fingerprint density at radius 3 is 2.71 bits per heavy atom. The fraction of sp³-hybridized carbons (Fsp3) is 0.625. The van der Waals surface area contributed by atoms with Crippen molar-refractivity contribution in [3.63, 3.8) is 0 Å². The number of rotatable bonds is 6. The van der Waals surface area contributed by atoms with Crippen LogP contribution in [0.4, 0.5) is 0 Å². The summed E-state index contributed by atoms with van der Waals surface area (Å²) in [4.78, 5) is 21.2. The first kappa shape index (κ1) is 12.8. The molecule has 0 heterocycles. The lowest BCUT2D eigenvalue weighted by molar-refractivity contribution is -0.141. The quantitative estimate of drug-likeness (QED) is 0.620. The first-order chi connectivity index (χ1) is 6.57. The molecule has 14 heavy (non-hydrogen) atoms. The summed E-state index contributed by atoms with van der Waals surface area (Å²) < 4.78 is 0. The molecule has 0 rings (SSSR count). The SMILES string of the molecule is CC(=O)NC(CCSCC#N)C(=O)O. The van der Waals surface area contributed by atoms with Gasteiger partial charge in [0.25, 0.3) is 0 Å². The van der Waals surface area contributed by atoms with Gasteiger partial charge in [-0.2, -0.15) is 5.26 Å². The Kier molecular flexibility index (Phi) is 6.58. The third-order valence-electron chi connectivity index (χ3n) is 1.39. The van der Waals surface area contributed by atoms with Gasteiger partial charge < -0.3 is 10.4 Å². The number of nitrogens with one attached hydrogen (secondary N) is 1. The second kappa shape index (κ2) is 7.21. The normalized spacial score (nSPS) is 11.4. The van der Waals surface area contributed by atoms with Crippen molar-refractivity contribution >= 4 is 23.6 Å². The smallest absolute Gasteiger partial charge is 0.326 e. The number of thioether (sulfide) groups is 1. The number of nitrogens with zero attached hydrogens (tertiary/aromatic N) is 1. The van der Waals surface area contributed by atoms with Crippen molar-refractivity contribution in [1.29, 1.82) is 5.26 Å². The van der Waals surface area contributed by atoms with Crippen molar-refractivity contribution in [3.8, 4) is 6.07 Å². The van der Waals surface area contributed by atoms with Gasteiger partial charge in [0.1, 0.15) is 6.04 Å². The summed E-state index contributed by atoms with van der Waals surface area (Å²) in [5, 5.41) is 19.2. The Morgan fingerprint density at radius 2 is 2.29 bits per heavy atom. The molecule has 0 radical (unpaired) electrons. The highest BCUT2D eigenvalue weighted by atomic mass is 32.2. The van der Waals surface area contributed by atoms with Crippen LogP contribution >= 0.6 is 11.8 Å². The lowest BCUT2D eigenvalue weighted by Crippen LogP contribution is -2.39. The van der Waals surface area contributed by atoms with Gasteiger partial charge in [-0.15, -0.1) is 11.8 Å². The zero-order valence-corrected chi connectivity index (χ0v) is 8.63. The van der Waals surface area contributed by atoms with E-state index in [0.29, 0.717) is 17.9 Å². The van der Waals surface area contributed by atoms with E-state index in [0.717, 1.165) is 0 Å². The molecule has 0 saturated carbocycles. The Hall–Kier alpha value is -1.22. The number of carboxylic acids is 1. The van der Waals surface area contributed by atoms with Gasteiger partial charge in [-0.3, -0.25) is 4.79 Å². The first-order valence-corrected chi connectivity index (χ1v) is 5.18. The van der Waals surface area contributed by atoms with Crippen LogP contribution in [0.3, 0.4) is 0 Å². The van der Waals surface area contributed by atoms with E-state index in [-0.39, 0.29) is 5.91 Å². The van der Waals surface area contributed by atoms with Gasteiger partial charge in [0, 0.05) is 6.92 Å². The molecule has 0 aromatic carbocycles. The topological polar surface area (TPSA) is 90.2 Å². The average Bonchev–Trinajstić information content (AvgIpc) is 2.09. The largest absolute Gasteiger partial charge is 0.480 e. The van der Waals surface area contributed by atoms with Crippen LogP contribution in [0.5, 0.6) is 0 Å².